The van der Waals surface area contributed by atoms with Crippen LogP contribution >= 0.6 is 0 Å². The number of carbonyl (C=O) groups is 1. The molecule has 0 fully saturated rings. The first-order valence-electron chi connectivity index (χ1n) is 6.57. The van der Waals surface area contributed by atoms with Gasteiger partial charge in [-0.25, -0.2) is 0 Å². The second kappa shape index (κ2) is 6.13. The summed E-state index contributed by atoms with van der Waals surface area (Å²) in [5.74, 6) is -0.0952. The number of likely N-dealkylation sites (N-methyl/N-ethyl adjacent to an activating group) is 1. The Hall–Kier alpha value is -2.75. The fourth-order valence-corrected chi connectivity index (χ4v) is 2.01. The first-order chi connectivity index (χ1) is 10.0. The van der Waals surface area contributed by atoms with Crippen LogP contribution in [-0.4, -0.2) is 27.3 Å². The fraction of sp³-hybridized carbons (Fsp3) is 0.357. The molecule has 7 nitrogen and oxygen atoms in total. The number of nitriles is 1. The Labute approximate surface area is 123 Å². The van der Waals surface area contributed by atoms with Crippen molar-refractivity contribution in [2.45, 2.75) is 20.0 Å². The van der Waals surface area contributed by atoms with E-state index in [0.29, 0.717) is 12.2 Å². The van der Waals surface area contributed by atoms with Gasteiger partial charge in [0.05, 0.1) is 11.9 Å². The van der Waals surface area contributed by atoms with Gasteiger partial charge in [0, 0.05) is 32.5 Å². The van der Waals surface area contributed by atoms with Crippen molar-refractivity contribution in [1.82, 2.24) is 19.7 Å². The zero-order valence-corrected chi connectivity index (χ0v) is 12.3. The summed E-state index contributed by atoms with van der Waals surface area (Å²) < 4.78 is 3.44. The summed E-state index contributed by atoms with van der Waals surface area (Å²) >= 11 is 0. The van der Waals surface area contributed by atoms with E-state index in [4.69, 9.17) is 5.26 Å². The molecule has 2 aromatic heterocycles. The predicted molar refractivity (Wildman–Crippen MR) is 78.5 cm³/mol. The van der Waals surface area contributed by atoms with Crippen molar-refractivity contribution in [1.29, 1.82) is 5.26 Å². The Morgan fingerprint density at radius 2 is 2.29 bits per heavy atom. The molecular formula is C14H18N6O. The maximum Gasteiger partial charge on any atom is 0.241 e. The minimum atomic E-state index is -0.0952. The lowest BCUT2D eigenvalue weighted by molar-refractivity contribution is -0.121. The van der Waals surface area contributed by atoms with Crippen molar-refractivity contribution in [3.63, 3.8) is 0 Å². The number of rotatable bonds is 5. The monoisotopic (exact) mass is 286 g/mol. The largest absolute Gasteiger partial charge is 0.378 e. The SMILES string of the molecule is CNC(=O)Cn1cc(NCc2cc(C#N)n(C)c2C)cn1. The highest BCUT2D eigenvalue weighted by molar-refractivity contribution is 5.75. The second-order valence-electron chi connectivity index (χ2n) is 4.76. The molecule has 110 valence electrons. The van der Waals surface area contributed by atoms with Crippen LogP contribution in [0.1, 0.15) is 17.0 Å². The van der Waals surface area contributed by atoms with E-state index in [0.717, 1.165) is 16.9 Å². The average molecular weight is 286 g/mol. The van der Waals surface area contributed by atoms with E-state index in [1.807, 2.05) is 24.6 Å². The Morgan fingerprint density at radius 1 is 1.52 bits per heavy atom. The number of nitrogens with zero attached hydrogens (tertiary/aromatic N) is 4. The van der Waals surface area contributed by atoms with Gasteiger partial charge in [0.2, 0.25) is 5.91 Å². The quantitative estimate of drug-likeness (QED) is 0.849. The van der Waals surface area contributed by atoms with Crippen molar-refractivity contribution in [2.24, 2.45) is 7.05 Å². The zero-order valence-electron chi connectivity index (χ0n) is 12.3. The molecule has 0 bridgehead atoms. The molecule has 0 aromatic carbocycles. The lowest BCUT2D eigenvalue weighted by Crippen LogP contribution is -2.23. The van der Waals surface area contributed by atoms with Gasteiger partial charge in [-0.2, -0.15) is 10.4 Å². The molecular weight excluding hydrogens is 268 g/mol. The van der Waals surface area contributed by atoms with Gasteiger partial charge in [-0.05, 0) is 18.6 Å². The van der Waals surface area contributed by atoms with E-state index in [9.17, 15) is 4.79 Å². The van der Waals surface area contributed by atoms with Gasteiger partial charge in [-0.1, -0.05) is 0 Å². The summed E-state index contributed by atoms with van der Waals surface area (Å²) in [5, 5.41) is 18.9. The van der Waals surface area contributed by atoms with Crippen LogP contribution in [0.25, 0.3) is 0 Å². The molecule has 0 saturated heterocycles. The molecule has 0 aliphatic carbocycles. The van der Waals surface area contributed by atoms with Gasteiger partial charge < -0.3 is 15.2 Å². The van der Waals surface area contributed by atoms with E-state index in [1.54, 1.807) is 24.1 Å². The van der Waals surface area contributed by atoms with E-state index in [-0.39, 0.29) is 12.5 Å². The number of hydrogen-bond donors (Lipinski definition) is 2. The molecule has 0 atom stereocenters. The molecule has 1 amide bonds. The molecule has 0 saturated carbocycles. The van der Waals surface area contributed by atoms with Crippen LogP contribution in [0.15, 0.2) is 18.5 Å². The Kier molecular flexibility index (Phi) is 4.28. The van der Waals surface area contributed by atoms with Crippen LogP contribution in [0.5, 0.6) is 0 Å². The second-order valence-corrected chi connectivity index (χ2v) is 4.76. The maximum atomic E-state index is 11.3. The molecule has 0 spiro atoms. The smallest absolute Gasteiger partial charge is 0.241 e. The third-order valence-electron chi connectivity index (χ3n) is 3.46. The highest BCUT2D eigenvalue weighted by Crippen LogP contribution is 2.15. The van der Waals surface area contributed by atoms with E-state index < -0.39 is 0 Å². The van der Waals surface area contributed by atoms with Gasteiger partial charge in [-0.15, -0.1) is 0 Å². The summed E-state index contributed by atoms with van der Waals surface area (Å²) in [6, 6.07) is 4.03. The zero-order chi connectivity index (χ0) is 15.4. The van der Waals surface area contributed by atoms with Crippen LogP contribution < -0.4 is 10.6 Å². The van der Waals surface area contributed by atoms with Crippen molar-refractivity contribution in [3.05, 3.63) is 35.4 Å². The Morgan fingerprint density at radius 3 is 2.90 bits per heavy atom. The molecule has 2 aromatic rings. The first-order valence-corrected chi connectivity index (χ1v) is 6.57. The van der Waals surface area contributed by atoms with Gasteiger partial charge in [0.25, 0.3) is 0 Å². The van der Waals surface area contributed by atoms with Crippen molar-refractivity contribution < 1.29 is 4.79 Å². The number of carbonyl (C=O) groups excluding carboxylic acids is 1. The van der Waals surface area contributed by atoms with Crippen molar-refractivity contribution >= 4 is 11.6 Å². The Balaban J connectivity index is 2.01. The predicted octanol–water partition coefficient (Wildman–Crippen LogP) is 0.760. The highest BCUT2D eigenvalue weighted by atomic mass is 16.1. The number of hydrogen-bond acceptors (Lipinski definition) is 4. The third-order valence-corrected chi connectivity index (χ3v) is 3.46. The van der Waals surface area contributed by atoms with E-state index in [1.165, 1.54) is 0 Å². The molecule has 0 aliphatic heterocycles. The van der Waals surface area contributed by atoms with Crippen LogP contribution in [-0.2, 0) is 24.9 Å². The Bertz CT molecular complexity index is 691. The summed E-state index contributed by atoms with van der Waals surface area (Å²) in [5.41, 5.74) is 3.59. The lowest BCUT2D eigenvalue weighted by atomic mass is 10.2. The molecule has 2 heterocycles. The normalized spacial score (nSPS) is 10.2. The summed E-state index contributed by atoms with van der Waals surface area (Å²) in [6.07, 6.45) is 3.45. The highest BCUT2D eigenvalue weighted by Gasteiger charge is 2.09. The molecule has 2 rings (SSSR count). The number of aromatic nitrogens is 3. The third kappa shape index (κ3) is 3.23. The average Bonchev–Trinajstić information content (AvgIpc) is 3.03. The van der Waals surface area contributed by atoms with Crippen LogP contribution in [0.2, 0.25) is 0 Å². The summed E-state index contributed by atoms with van der Waals surface area (Å²) in [7, 11) is 3.47. The number of nitrogens with one attached hydrogen (secondary N) is 2. The van der Waals surface area contributed by atoms with Gasteiger partial charge >= 0.3 is 0 Å². The maximum absolute atomic E-state index is 11.3. The fourth-order valence-electron chi connectivity index (χ4n) is 2.01. The van der Waals surface area contributed by atoms with Crippen molar-refractivity contribution in [2.75, 3.05) is 12.4 Å². The molecule has 0 radical (unpaired) electrons. The molecule has 21 heavy (non-hydrogen) atoms. The number of amides is 1. The van der Waals surface area contributed by atoms with E-state index in [2.05, 4.69) is 21.8 Å². The van der Waals surface area contributed by atoms with Crippen molar-refractivity contribution in [3.8, 4) is 6.07 Å². The van der Waals surface area contributed by atoms with Gasteiger partial charge in [-0.3, -0.25) is 9.48 Å². The molecule has 0 aliphatic rings. The molecule has 0 unspecified atom stereocenters. The summed E-state index contributed by atoms with van der Waals surface area (Å²) in [4.78, 5) is 11.3. The van der Waals surface area contributed by atoms with Crippen LogP contribution in [0.3, 0.4) is 0 Å². The van der Waals surface area contributed by atoms with Crippen LogP contribution in [0, 0.1) is 18.3 Å². The summed E-state index contributed by atoms with van der Waals surface area (Å²) in [6.45, 7) is 2.78. The van der Waals surface area contributed by atoms with Crippen LogP contribution in [0.4, 0.5) is 5.69 Å². The topological polar surface area (TPSA) is 87.7 Å². The lowest BCUT2D eigenvalue weighted by Gasteiger charge is -2.04. The minimum Gasteiger partial charge on any atom is -0.378 e. The molecule has 2 N–H and O–H groups in total. The first kappa shape index (κ1) is 14.7. The van der Waals surface area contributed by atoms with E-state index >= 15 is 0 Å². The molecule has 7 heteroatoms. The minimum absolute atomic E-state index is 0.0952. The number of anilines is 1. The van der Waals surface area contributed by atoms with Gasteiger partial charge in [0.1, 0.15) is 18.3 Å². The standard InChI is InChI=1S/C14H18N6O/c1-10-11(4-13(5-15)19(10)3)6-17-12-7-18-20(8-12)9-14(21)16-2/h4,7-8,17H,6,9H2,1-3H3,(H,16,21). The van der Waals surface area contributed by atoms with Gasteiger partial charge in [0.15, 0.2) is 0 Å².